The summed E-state index contributed by atoms with van der Waals surface area (Å²) in [5.74, 6) is -18.1. The molecule has 0 saturated carbocycles. The number of phenolic OH excluding ortho intramolecular Hbond substituents is 4. The maximum Gasteiger partial charge on any atom is 0.335 e. The van der Waals surface area contributed by atoms with Gasteiger partial charge in [0.25, 0.3) is 0 Å². The zero-order valence-corrected chi connectivity index (χ0v) is 73.7. The number of likely N-dealkylation sites (N-methyl/N-ethyl adjacent to an activating group) is 1. The molecule has 42 heteroatoms. The average molecular weight is 1890 g/mol. The van der Waals surface area contributed by atoms with E-state index in [0.717, 1.165) is 131 Å². The smallest absolute Gasteiger partial charge is 0.335 e. The number of carbonyl (C=O) groups excluding carboxylic acids is 8. The summed E-state index contributed by atoms with van der Waals surface area (Å²) in [4.78, 5) is 139. The molecule has 2 saturated heterocycles. The minimum absolute atomic E-state index is 0.118. The summed E-state index contributed by atoms with van der Waals surface area (Å²) in [7, 11) is 1.43. The van der Waals surface area contributed by atoms with E-state index >= 15 is 28.8 Å². The molecule has 714 valence electrons. The lowest BCUT2D eigenvalue weighted by Crippen LogP contribution is -2.66. The van der Waals surface area contributed by atoms with Gasteiger partial charge in [-0.2, -0.15) is 0 Å². The van der Waals surface area contributed by atoms with Crippen molar-refractivity contribution in [1.82, 2.24) is 58.5 Å². The van der Waals surface area contributed by atoms with Gasteiger partial charge in [0.05, 0.1) is 16.7 Å². The predicted molar refractivity (Wildman–Crippen MR) is 473 cm³/mol. The van der Waals surface area contributed by atoms with Gasteiger partial charge in [-0.25, -0.2) is 4.79 Å². The molecule has 18 atom stereocenters. The van der Waals surface area contributed by atoms with Gasteiger partial charge in [-0.1, -0.05) is 105 Å². The van der Waals surface area contributed by atoms with Crippen molar-refractivity contribution in [3.05, 3.63) is 164 Å². The number of carboxylic acid groups (broad SMARTS) is 1. The number of halogens is 2. The van der Waals surface area contributed by atoms with Crippen LogP contribution in [-0.2, 0) is 59.0 Å². The van der Waals surface area contributed by atoms with Crippen molar-refractivity contribution in [2.24, 2.45) is 5.73 Å². The lowest BCUT2D eigenvalue weighted by molar-refractivity contribution is -0.277. The average Bonchev–Trinajstić information content (AvgIpc) is 0.716. The van der Waals surface area contributed by atoms with E-state index in [9.17, 15) is 75.7 Å². The molecule has 8 heterocycles. The summed E-state index contributed by atoms with van der Waals surface area (Å²) in [6.07, 6.45) is -13.3. The van der Waals surface area contributed by atoms with Crippen LogP contribution < -0.4 is 87.9 Å². The first-order valence-electron chi connectivity index (χ1n) is 43.8. The fraction of sp³-hybridized carbons (Fsp3) is 0.440. The van der Waals surface area contributed by atoms with Crippen molar-refractivity contribution in [2.45, 2.75) is 200 Å². The fourth-order valence-electron chi connectivity index (χ4n) is 16.4. The number of aromatic hydroxyl groups is 4. The number of carbonyl (C=O) groups is 9. The fourth-order valence-corrected chi connectivity index (χ4v) is 16.9. The Morgan fingerprint density at radius 2 is 1.16 bits per heavy atom. The highest BCUT2D eigenvalue weighted by molar-refractivity contribution is 6.33. The molecule has 25 N–H and O–H groups in total. The van der Waals surface area contributed by atoms with Crippen LogP contribution in [0.2, 0.25) is 10.0 Å². The third kappa shape index (κ3) is 23.3. The topological polar surface area (TPSA) is 619 Å². The number of benzene rings is 7. The number of aliphatic hydroxyl groups excluding tert-OH is 7. The van der Waals surface area contributed by atoms with E-state index in [0.29, 0.717) is 44.6 Å². The van der Waals surface area contributed by atoms with Gasteiger partial charge in [-0.15, -0.1) is 0 Å². The first-order valence-corrected chi connectivity index (χ1v) is 44.5. The van der Waals surface area contributed by atoms with E-state index in [2.05, 4.69) is 65.4 Å². The van der Waals surface area contributed by atoms with Crippen LogP contribution in [0.5, 0.6) is 69.0 Å². The van der Waals surface area contributed by atoms with E-state index in [1.54, 1.807) is 0 Å². The molecular weight excluding hydrogens is 1780 g/mol. The zero-order valence-electron chi connectivity index (χ0n) is 72.2. The number of carboxylic acids is 1. The number of phenols is 4. The first-order chi connectivity index (χ1) is 63.8. The van der Waals surface area contributed by atoms with Crippen molar-refractivity contribution in [1.29, 1.82) is 0 Å². The second kappa shape index (κ2) is 44.7. The lowest BCUT2D eigenvalue weighted by atomic mass is 9.89. The number of aliphatic hydroxyl groups is 7. The van der Waals surface area contributed by atoms with E-state index < -0.39 is 271 Å². The number of rotatable bonds is 29. The first kappa shape index (κ1) is 98.5. The molecule has 0 unspecified atom stereocenters. The Balaban J connectivity index is 1.02. The van der Waals surface area contributed by atoms with Crippen LogP contribution in [0, 0.1) is 0 Å². The largest absolute Gasteiger partial charge is 0.508 e. The number of unbranched alkanes of at least 4 members (excludes halogenated alkanes) is 7. The molecule has 0 radical (unpaired) electrons. The highest BCUT2D eigenvalue weighted by Crippen LogP contribution is 2.51. The highest BCUT2D eigenvalue weighted by Gasteiger charge is 2.52. The SMILES string of the molecule is CCCCCCCCCCC(=O)N[C@H]1[C@H](Oc2c3cc4cc2Oc2ccc(cc2Cl)[C@@H](O)[C@@H]2NC(=O)[C@H](NC(=O)[C@@H]4NC(=O)[C@H]4NC(=O)[C@@H](Cc5ccc(cc5)O3)NC(=O)[C@@H](NC)c3ccc(O)c(c3)Oc3cc(O)c(Cl)c4c3)c3ccc(O)c(c3)-c3c(O[C@H]4O[C@H](CO)[C@@H](O)[C@H](O)[C@@H]4O)cc(O)cc3[C@H](C(=O)NCCCNCCCNCCCN)NC2=O)O[C@H](C(=O)O)[C@@H](O)[C@@H]1O. The molecule has 2 fully saturated rings. The summed E-state index contributed by atoms with van der Waals surface area (Å²) in [6, 6.07) is 5.63. The zero-order chi connectivity index (χ0) is 95.2. The minimum Gasteiger partial charge on any atom is -0.508 e. The molecule has 8 amide bonds. The Bertz CT molecular complexity index is 5410. The van der Waals surface area contributed by atoms with Crippen LogP contribution in [0.15, 0.2) is 115 Å². The number of hydrogen-bond donors (Lipinski definition) is 24. The van der Waals surface area contributed by atoms with Gasteiger partial charge in [0, 0.05) is 48.2 Å². The number of amides is 8. The van der Waals surface area contributed by atoms with E-state index in [1.165, 1.54) is 49.5 Å². The Labute approximate surface area is 771 Å². The van der Waals surface area contributed by atoms with Crippen molar-refractivity contribution in [2.75, 3.05) is 52.9 Å². The molecule has 133 heavy (non-hydrogen) atoms. The number of aliphatic carboxylic acids is 1. The summed E-state index contributed by atoms with van der Waals surface area (Å²) in [6.45, 7) is 3.80. The molecule has 7 aromatic carbocycles. The normalized spacial score (nSPS) is 25.2. The van der Waals surface area contributed by atoms with E-state index in [-0.39, 0.29) is 47.8 Å². The third-order valence-electron chi connectivity index (χ3n) is 23.6. The standard InChI is InChI=1S/C91H108Cl2N12O28/c1-3-4-5-6-7-8-9-10-14-64(111)100-73-76(114)78(116)81(89(125)126)133-90(73)132-80-61-35-46-36-62(80)129-58-24-19-45(33-53(58)92)74(112)72-88(124)104-70(83(119)98-30-13-29-97-28-12-27-96-26-11-25-94)51-37-47(107)38-60(130-91-79(117)77(115)75(113)63(41-106)131-91)65(51)50-32-43(17-22-55(50)108)68(85(121)105-72)101-86(122)69(46)102-87(123)71-52-39-49(40-57(110)66(52)93)128-59-34-44(18-23-56(59)109)67(95-2)84(120)99-54(82(118)103-71)31-42-15-20-48(127-61)21-16-42/h15-24,32-40,54,63,67-79,81,90-91,95-97,106-110,112-117H,3-14,25-31,41,94H2,1-2H3,(H,98,119)(H,99,120)(H,100,111)(H,101,122)(H,102,123)(H,103,118)(H,104,124)(H,105,121)(H,125,126)/t54-,63-,67+,68-,69-,70-,71+,72+,73-,74-,75-,76-,77+,78+,79+,81+,90-,91+/m1/s1. The molecule has 7 aromatic rings. The Morgan fingerprint density at radius 1 is 0.526 bits per heavy atom. The molecule has 0 aliphatic carbocycles. The molecule has 15 rings (SSSR count). The molecule has 40 nitrogen and oxygen atoms in total. The van der Waals surface area contributed by atoms with Crippen LogP contribution >= 0.6 is 23.2 Å². The third-order valence-corrected chi connectivity index (χ3v) is 24.3. The molecule has 0 aromatic heterocycles. The van der Waals surface area contributed by atoms with Crippen molar-refractivity contribution < 1.29 is 138 Å². The lowest BCUT2D eigenvalue weighted by Gasteiger charge is -2.41. The van der Waals surface area contributed by atoms with E-state index in [4.69, 9.17) is 62.1 Å². The van der Waals surface area contributed by atoms with Crippen LogP contribution in [-0.4, -0.2) is 241 Å². The van der Waals surface area contributed by atoms with Gasteiger partial charge in [0.2, 0.25) is 65.6 Å². The van der Waals surface area contributed by atoms with Crippen LogP contribution in [0.1, 0.15) is 159 Å². The Kier molecular flexibility index (Phi) is 33.1. The summed E-state index contributed by atoms with van der Waals surface area (Å²) < 4.78 is 44.6. The van der Waals surface area contributed by atoms with Gasteiger partial charge >= 0.3 is 5.97 Å². The van der Waals surface area contributed by atoms with Crippen molar-refractivity contribution in [3.8, 4) is 80.1 Å². The van der Waals surface area contributed by atoms with Gasteiger partial charge in [0.1, 0.15) is 131 Å². The van der Waals surface area contributed by atoms with Crippen LogP contribution in [0.25, 0.3) is 11.1 Å². The molecule has 8 aliphatic rings. The predicted octanol–water partition coefficient (Wildman–Crippen LogP) is 3.28. The number of nitrogens with two attached hydrogens (primary N) is 1. The minimum atomic E-state index is -2.46. The molecule has 0 spiro atoms. The van der Waals surface area contributed by atoms with Crippen molar-refractivity contribution >= 4 is 76.4 Å². The maximum absolute atomic E-state index is 16.9. The second-order valence-electron chi connectivity index (χ2n) is 33.1. The number of ether oxygens (including phenoxy) is 7. The highest BCUT2D eigenvalue weighted by atomic mass is 35.5. The molecular formula is C91H108Cl2N12O28. The quantitative estimate of drug-likeness (QED) is 0.0299. The monoisotopic (exact) mass is 1890 g/mol. The van der Waals surface area contributed by atoms with Crippen molar-refractivity contribution in [3.63, 3.8) is 0 Å². The van der Waals surface area contributed by atoms with E-state index in [1.807, 2.05) is 0 Å². The van der Waals surface area contributed by atoms with Crippen LogP contribution in [0.3, 0.4) is 0 Å². The molecule has 17 bridgehead atoms. The number of hydrogen-bond acceptors (Lipinski definition) is 31. The van der Waals surface area contributed by atoms with Crippen LogP contribution in [0.4, 0.5) is 0 Å². The summed E-state index contributed by atoms with van der Waals surface area (Å²) >= 11 is 14.4. The molecule has 8 aliphatic heterocycles. The number of nitrogens with one attached hydrogen (secondary N) is 11. The van der Waals surface area contributed by atoms with Gasteiger partial charge in [-0.05, 0) is 172 Å². The summed E-state index contributed by atoms with van der Waals surface area (Å²) in [5, 5.41) is 168. The van der Waals surface area contributed by atoms with Gasteiger partial charge in [-0.3, -0.25) is 38.4 Å². The van der Waals surface area contributed by atoms with Gasteiger partial charge in [0.15, 0.2) is 29.1 Å². The summed E-state index contributed by atoms with van der Waals surface area (Å²) in [5.41, 5.74) is 2.93. The number of fused-ring (bicyclic) bond motifs is 14. The van der Waals surface area contributed by atoms with Gasteiger partial charge < -0.3 is 159 Å². The Hall–Kier alpha value is -12.0. The second-order valence-corrected chi connectivity index (χ2v) is 33.8. The Morgan fingerprint density at radius 3 is 1.85 bits per heavy atom. The maximum atomic E-state index is 16.9.